The van der Waals surface area contributed by atoms with Gasteiger partial charge in [-0.1, -0.05) is 133 Å². The third-order valence-electron chi connectivity index (χ3n) is 9.81. The Labute approximate surface area is 277 Å². The summed E-state index contributed by atoms with van der Waals surface area (Å²) < 4.78 is 6.39. The van der Waals surface area contributed by atoms with Crippen LogP contribution in [0.4, 0.5) is 17.1 Å². The average molecular weight is 612 g/mol. The summed E-state index contributed by atoms with van der Waals surface area (Å²) in [7, 11) is 0. The van der Waals surface area contributed by atoms with E-state index < -0.39 is 0 Å². The lowest BCUT2D eigenvalue weighted by Crippen LogP contribution is -2.10. The molecule has 0 unspecified atom stereocenters. The maximum Gasteiger partial charge on any atom is 0.143 e. The second-order valence-corrected chi connectivity index (χ2v) is 12.5. The van der Waals surface area contributed by atoms with Crippen molar-refractivity contribution in [3.05, 3.63) is 176 Å². The molecule has 2 heteroatoms. The number of nitrogens with zero attached hydrogens (tertiary/aromatic N) is 1. The van der Waals surface area contributed by atoms with Crippen LogP contribution in [-0.4, -0.2) is 0 Å². The van der Waals surface area contributed by atoms with Crippen molar-refractivity contribution in [1.82, 2.24) is 0 Å². The van der Waals surface area contributed by atoms with Crippen molar-refractivity contribution in [2.24, 2.45) is 0 Å². The van der Waals surface area contributed by atoms with Crippen molar-refractivity contribution < 1.29 is 4.42 Å². The molecule has 0 aliphatic rings. The lowest BCUT2D eigenvalue weighted by atomic mass is 9.99. The molecule has 0 amide bonds. The average Bonchev–Trinajstić information content (AvgIpc) is 3.54. The highest BCUT2D eigenvalue weighted by Crippen LogP contribution is 2.41. The van der Waals surface area contributed by atoms with Crippen LogP contribution in [0, 0.1) is 0 Å². The summed E-state index contributed by atoms with van der Waals surface area (Å²) in [6, 6.07) is 63.4. The topological polar surface area (TPSA) is 16.4 Å². The lowest BCUT2D eigenvalue weighted by Gasteiger charge is -2.26. The zero-order chi connectivity index (χ0) is 31.6. The number of benzene rings is 9. The molecule has 0 radical (unpaired) electrons. The van der Waals surface area contributed by atoms with E-state index in [0.29, 0.717) is 0 Å². The maximum atomic E-state index is 6.39. The van der Waals surface area contributed by atoms with Crippen LogP contribution < -0.4 is 4.90 Å². The second-order valence-electron chi connectivity index (χ2n) is 12.5. The molecule has 0 N–H and O–H groups in total. The molecule has 0 spiro atoms. The van der Waals surface area contributed by atoms with Gasteiger partial charge in [-0.3, -0.25) is 0 Å². The van der Waals surface area contributed by atoms with Crippen molar-refractivity contribution in [1.29, 1.82) is 0 Å². The Morgan fingerprint density at radius 1 is 0.333 bits per heavy atom. The summed E-state index contributed by atoms with van der Waals surface area (Å²) in [5.41, 5.74) is 7.38. The molecule has 0 aliphatic carbocycles. The molecule has 9 aromatic carbocycles. The number of furan rings is 1. The molecular formula is C46H29NO. The van der Waals surface area contributed by atoms with E-state index in [-0.39, 0.29) is 0 Å². The fourth-order valence-corrected chi connectivity index (χ4v) is 7.49. The van der Waals surface area contributed by atoms with Crippen LogP contribution in [0.3, 0.4) is 0 Å². The Morgan fingerprint density at radius 2 is 0.833 bits per heavy atom. The van der Waals surface area contributed by atoms with Crippen molar-refractivity contribution in [3.63, 3.8) is 0 Å². The van der Waals surface area contributed by atoms with Gasteiger partial charge in [0.1, 0.15) is 11.2 Å². The molecule has 2 nitrogen and oxygen atoms in total. The van der Waals surface area contributed by atoms with Crippen molar-refractivity contribution in [2.45, 2.75) is 0 Å². The number of hydrogen-bond donors (Lipinski definition) is 0. The molecular weight excluding hydrogens is 583 g/mol. The molecule has 0 atom stereocenters. The maximum absolute atomic E-state index is 6.39. The first-order chi connectivity index (χ1) is 23.8. The van der Waals surface area contributed by atoms with Gasteiger partial charge < -0.3 is 9.32 Å². The van der Waals surface area contributed by atoms with Crippen LogP contribution in [0.1, 0.15) is 0 Å². The first-order valence-corrected chi connectivity index (χ1v) is 16.4. The molecule has 1 aromatic heterocycles. The zero-order valence-corrected chi connectivity index (χ0v) is 26.1. The van der Waals surface area contributed by atoms with E-state index in [1.54, 1.807) is 0 Å². The Morgan fingerprint density at radius 3 is 1.48 bits per heavy atom. The molecule has 10 rings (SSSR count). The molecule has 1 heterocycles. The molecule has 48 heavy (non-hydrogen) atoms. The van der Waals surface area contributed by atoms with Gasteiger partial charge in [0.05, 0.1) is 0 Å². The highest BCUT2D eigenvalue weighted by Gasteiger charge is 2.17. The van der Waals surface area contributed by atoms with Gasteiger partial charge in [-0.15, -0.1) is 0 Å². The molecule has 224 valence electrons. The Bertz CT molecular complexity index is 2720. The van der Waals surface area contributed by atoms with Crippen LogP contribution in [0.2, 0.25) is 0 Å². The van der Waals surface area contributed by atoms with Crippen LogP contribution >= 0.6 is 0 Å². The van der Waals surface area contributed by atoms with E-state index >= 15 is 0 Å². The van der Waals surface area contributed by atoms with Crippen molar-refractivity contribution in [2.75, 3.05) is 4.90 Å². The standard InChI is InChI=1S/C46H29NO/c1-3-10-38-30(8-1)16-18-33-28-36(24-26-40(33)38)47(37-25-27-41-34(29-37)19-17-31-9-2-4-11-39(31)41)35-22-20-32(21-23-35)42-13-7-14-44-43-12-5-6-15-45(43)48-46(42)44/h1-29H. The number of fused-ring (bicyclic) bond motifs is 9. The van der Waals surface area contributed by atoms with Crippen LogP contribution in [0.5, 0.6) is 0 Å². The summed E-state index contributed by atoms with van der Waals surface area (Å²) in [4.78, 5) is 2.37. The van der Waals surface area contributed by atoms with E-state index in [9.17, 15) is 0 Å². The monoisotopic (exact) mass is 611 g/mol. The predicted molar refractivity (Wildman–Crippen MR) is 204 cm³/mol. The van der Waals surface area contributed by atoms with E-state index in [1.165, 1.54) is 43.1 Å². The van der Waals surface area contributed by atoms with E-state index in [2.05, 4.69) is 169 Å². The molecule has 0 saturated heterocycles. The Hall–Kier alpha value is -6.38. The van der Waals surface area contributed by atoms with Gasteiger partial charge in [0, 0.05) is 33.4 Å². The predicted octanol–water partition coefficient (Wildman–Crippen LogP) is 13.3. The van der Waals surface area contributed by atoms with Gasteiger partial charge in [-0.05, 0) is 91.1 Å². The highest BCUT2D eigenvalue weighted by atomic mass is 16.3. The lowest BCUT2D eigenvalue weighted by molar-refractivity contribution is 0.670. The van der Waals surface area contributed by atoms with Crippen LogP contribution in [0.25, 0.3) is 76.2 Å². The van der Waals surface area contributed by atoms with Gasteiger partial charge in [0.15, 0.2) is 0 Å². The first kappa shape index (κ1) is 26.8. The molecule has 0 saturated carbocycles. The SMILES string of the molecule is c1ccc2c(c1)ccc1cc(N(c3ccc(-c4cccc5c4oc4ccccc45)cc3)c3ccc4c(ccc5ccccc54)c3)ccc12. The number of para-hydroxylation sites is 2. The minimum absolute atomic E-state index is 0.913. The summed E-state index contributed by atoms with van der Waals surface area (Å²) >= 11 is 0. The third-order valence-corrected chi connectivity index (χ3v) is 9.81. The minimum Gasteiger partial charge on any atom is -0.455 e. The van der Waals surface area contributed by atoms with Crippen LogP contribution in [-0.2, 0) is 0 Å². The van der Waals surface area contributed by atoms with Crippen molar-refractivity contribution >= 4 is 82.1 Å². The van der Waals surface area contributed by atoms with Gasteiger partial charge in [-0.2, -0.15) is 0 Å². The van der Waals surface area contributed by atoms with E-state index in [0.717, 1.165) is 50.1 Å². The minimum atomic E-state index is 0.913. The van der Waals surface area contributed by atoms with Gasteiger partial charge in [0.2, 0.25) is 0 Å². The third kappa shape index (κ3) is 4.20. The summed E-state index contributed by atoms with van der Waals surface area (Å²) in [5, 5.41) is 12.3. The molecule has 0 fully saturated rings. The van der Waals surface area contributed by atoms with Crippen LogP contribution in [0.15, 0.2) is 180 Å². The summed E-state index contributed by atoms with van der Waals surface area (Å²) in [5.74, 6) is 0. The van der Waals surface area contributed by atoms with Gasteiger partial charge in [0.25, 0.3) is 0 Å². The number of rotatable bonds is 4. The number of hydrogen-bond acceptors (Lipinski definition) is 2. The highest BCUT2D eigenvalue weighted by molar-refractivity contribution is 6.11. The van der Waals surface area contributed by atoms with Gasteiger partial charge >= 0.3 is 0 Å². The Balaban J connectivity index is 1.14. The van der Waals surface area contributed by atoms with E-state index in [1.807, 2.05) is 12.1 Å². The molecule has 10 aromatic rings. The molecule has 0 aliphatic heterocycles. The summed E-state index contributed by atoms with van der Waals surface area (Å²) in [6.45, 7) is 0. The zero-order valence-electron chi connectivity index (χ0n) is 26.1. The number of anilines is 3. The normalized spacial score (nSPS) is 11.8. The second kappa shape index (κ2) is 10.6. The van der Waals surface area contributed by atoms with Gasteiger partial charge in [-0.25, -0.2) is 0 Å². The Kier molecular flexibility index (Phi) is 5.91. The quantitative estimate of drug-likeness (QED) is 0.184. The first-order valence-electron chi connectivity index (χ1n) is 16.4. The largest absolute Gasteiger partial charge is 0.455 e. The summed E-state index contributed by atoms with van der Waals surface area (Å²) in [6.07, 6.45) is 0. The fraction of sp³-hybridized carbons (Fsp3) is 0. The van der Waals surface area contributed by atoms with Crippen molar-refractivity contribution in [3.8, 4) is 11.1 Å². The molecule has 0 bridgehead atoms. The van der Waals surface area contributed by atoms with E-state index in [4.69, 9.17) is 4.42 Å². The smallest absolute Gasteiger partial charge is 0.143 e. The fourth-order valence-electron chi connectivity index (χ4n) is 7.49.